The smallest absolute Gasteiger partial charge is 0.107 e. The number of rotatable bonds is 5. The van der Waals surface area contributed by atoms with Crippen LogP contribution in [0.1, 0.15) is 23.4 Å². The fourth-order valence-electron chi connectivity index (χ4n) is 2.51. The molecule has 0 radical (unpaired) electrons. The van der Waals surface area contributed by atoms with Crippen LogP contribution in [0.2, 0.25) is 0 Å². The Kier molecular flexibility index (Phi) is 4.45. The molecule has 1 unspecified atom stereocenters. The van der Waals surface area contributed by atoms with Crippen molar-refractivity contribution in [3.8, 4) is 10.4 Å². The minimum atomic E-state index is 0.394. The van der Waals surface area contributed by atoms with Crippen molar-refractivity contribution in [2.75, 3.05) is 13.2 Å². The summed E-state index contributed by atoms with van der Waals surface area (Å²) < 4.78 is 5.60. The molecular formula is C16H20N2OS. The second-order valence-electron chi connectivity index (χ2n) is 5.20. The van der Waals surface area contributed by atoms with Crippen LogP contribution in [-0.4, -0.2) is 24.2 Å². The Balaban J connectivity index is 1.58. The number of benzene rings is 1. The molecule has 1 saturated heterocycles. The molecule has 2 heterocycles. The van der Waals surface area contributed by atoms with Crippen LogP contribution >= 0.6 is 11.3 Å². The topological polar surface area (TPSA) is 34.2 Å². The molecule has 1 fully saturated rings. The van der Waals surface area contributed by atoms with E-state index < -0.39 is 0 Å². The van der Waals surface area contributed by atoms with Crippen LogP contribution in [0.5, 0.6) is 0 Å². The third kappa shape index (κ3) is 3.26. The van der Waals surface area contributed by atoms with Gasteiger partial charge in [-0.15, -0.1) is 11.3 Å². The van der Waals surface area contributed by atoms with Crippen molar-refractivity contribution >= 4 is 11.3 Å². The highest BCUT2D eigenvalue weighted by molar-refractivity contribution is 7.15. The van der Waals surface area contributed by atoms with Gasteiger partial charge in [0, 0.05) is 25.9 Å². The minimum absolute atomic E-state index is 0.394. The lowest BCUT2D eigenvalue weighted by Crippen LogP contribution is -2.25. The van der Waals surface area contributed by atoms with E-state index in [1.807, 2.05) is 6.20 Å². The molecule has 0 saturated carbocycles. The molecule has 106 valence electrons. The van der Waals surface area contributed by atoms with Gasteiger partial charge in [0.15, 0.2) is 0 Å². The second kappa shape index (κ2) is 6.48. The lowest BCUT2D eigenvalue weighted by Gasteiger charge is -2.09. The van der Waals surface area contributed by atoms with Gasteiger partial charge in [0.05, 0.1) is 11.0 Å². The predicted octanol–water partition coefficient (Wildman–Crippen LogP) is 3.39. The first-order valence-corrected chi connectivity index (χ1v) is 7.97. The normalized spacial score (nSPS) is 18.6. The third-order valence-electron chi connectivity index (χ3n) is 3.64. The fourth-order valence-corrected chi connectivity index (χ4v) is 3.49. The van der Waals surface area contributed by atoms with Gasteiger partial charge in [-0.2, -0.15) is 0 Å². The maximum Gasteiger partial charge on any atom is 0.107 e. The van der Waals surface area contributed by atoms with E-state index in [1.165, 1.54) is 28.8 Å². The molecule has 1 aliphatic rings. The van der Waals surface area contributed by atoms with Crippen molar-refractivity contribution < 1.29 is 4.74 Å². The van der Waals surface area contributed by atoms with E-state index in [0.717, 1.165) is 24.7 Å². The molecule has 4 heteroatoms. The molecule has 3 rings (SSSR count). The molecule has 1 aromatic carbocycles. The maximum atomic E-state index is 5.60. The number of nitrogens with one attached hydrogen (secondary N) is 1. The number of hydrogen-bond donors (Lipinski definition) is 1. The lowest BCUT2D eigenvalue weighted by atomic mass is 10.1. The summed E-state index contributed by atoms with van der Waals surface area (Å²) in [6.45, 7) is 4.82. The van der Waals surface area contributed by atoms with Gasteiger partial charge >= 0.3 is 0 Å². The Bertz CT molecular complexity index is 561. The molecule has 1 N–H and O–H groups in total. The van der Waals surface area contributed by atoms with Crippen LogP contribution in [0.3, 0.4) is 0 Å². The van der Waals surface area contributed by atoms with Crippen molar-refractivity contribution in [2.24, 2.45) is 0 Å². The molecule has 0 spiro atoms. The van der Waals surface area contributed by atoms with Crippen LogP contribution in [0, 0.1) is 6.92 Å². The fraction of sp³-hybridized carbons (Fsp3) is 0.438. The van der Waals surface area contributed by atoms with E-state index in [1.54, 1.807) is 11.3 Å². The highest BCUT2D eigenvalue weighted by Gasteiger charge is 2.14. The Morgan fingerprint density at radius 3 is 3.10 bits per heavy atom. The summed E-state index contributed by atoms with van der Waals surface area (Å²) in [7, 11) is 0. The molecule has 0 aliphatic carbocycles. The van der Waals surface area contributed by atoms with Gasteiger partial charge in [-0.3, -0.25) is 0 Å². The van der Waals surface area contributed by atoms with Crippen molar-refractivity contribution in [1.82, 2.24) is 10.3 Å². The first-order valence-electron chi connectivity index (χ1n) is 7.16. The van der Waals surface area contributed by atoms with Crippen molar-refractivity contribution in [3.05, 3.63) is 41.0 Å². The highest BCUT2D eigenvalue weighted by Crippen LogP contribution is 2.28. The van der Waals surface area contributed by atoms with Gasteiger partial charge in [-0.1, -0.05) is 24.3 Å². The third-order valence-corrected chi connectivity index (χ3v) is 4.67. The van der Waals surface area contributed by atoms with Gasteiger partial charge < -0.3 is 10.1 Å². The summed E-state index contributed by atoms with van der Waals surface area (Å²) in [5, 5.41) is 4.59. The molecular weight excluding hydrogens is 268 g/mol. The van der Waals surface area contributed by atoms with Crippen LogP contribution in [0.4, 0.5) is 0 Å². The van der Waals surface area contributed by atoms with Crippen molar-refractivity contribution in [1.29, 1.82) is 0 Å². The monoisotopic (exact) mass is 288 g/mol. The van der Waals surface area contributed by atoms with E-state index in [-0.39, 0.29) is 0 Å². The Morgan fingerprint density at radius 1 is 1.40 bits per heavy atom. The Morgan fingerprint density at radius 2 is 2.30 bits per heavy atom. The van der Waals surface area contributed by atoms with Crippen LogP contribution in [0.15, 0.2) is 30.5 Å². The number of ether oxygens (including phenoxy) is 1. The molecule has 3 nitrogen and oxygen atoms in total. The summed E-state index contributed by atoms with van der Waals surface area (Å²) in [6.07, 6.45) is 4.75. The molecule has 20 heavy (non-hydrogen) atoms. The van der Waals surface area contributed by atoms with E-state index in [0.29, 0.717) is 6.10 Å². The Hall–Kier alpha value is -1.23. The predicted molar refractivity (Wildman–Crippen MR) is 83.0 cm³/mol. The molecule has 1 aromatic heterocycles. The number of aryl methyl sites for hydroxylation is 1. The summed E-state index contributed by atoms with van der Waals surface area (Å²) in [4.78, 5) is 5.76. The van der Waals surface area contributed by atoms with Gasteiger partial charge in [-0.05, 0) is 30.9 Å². The average molecular weight is 288 g/mol. The van der Waals surface area contributed by atoms with Gasteiger partial charge in [0.2, 0.25) is 0 Å². The quantitative estimate of drug-likeness (QED) is 0.915. The van der Waals surface area contributed by atoms with Gasteiger partial charge in [-0.25, -0.2) is 4.98 Å². The van der Waals surface area contributed by atoms with Crippen molar-refractivity contribution in [3.63, 3.8) is 0 Å². The zero-order valence-corrected chi connectivity index (χ0v) is 12.6. The summed E-state index contributed by atoms with van der Waals surface area (Å²) in [5.74, 6) is 0. The lowest BCUT2D eigenvalue weighted by molar-refractivity contribution is 0.110. The number of thiazole rings is 1. The number of aromatic nitrogens is 1. The first-order chi connectivity index (χ1) is 9.83. The van der Waals surface area contributed by atoms with E-state index in [2.05, 4.69) is 41.5 Å². The van der Waals surface area contributed by atoms with E-state index in [4.69, 9.17) is 4.74 Å². The van der Waals surface area contributed by atoms with Crippen LogP contribution in [-0.2, 0) is 11.3 Å². The van der Waals surface area contributed by atoms with Gasteiger partial charge in [0.1, 0.15) is 5.01 Å². The molecule has 0 amide bonds. The highest BCUT2D eigenvalue weighted by atomic mass is 32.1. The zero-order valence-electron chi connectivity index (χ0n) is 11.8. The Labute approximate surface area is 124 Å². The minimum Gasteiger partial charge on any atom is -0.377 e. The van der Waals surface area contributed by atoms with Crippen LogP contribution < -0.4 is 5.32 Å². The van der Waals surface area contributed by atoms with E-state index >= 15 is 0 Å². The summed E-state index contributed by atoms with van der Waals surface area (Å²) >= 11 is 1.77. The van der Waals surface area contributed by atoms with Gasteiger partial charge in [0.25, 0.3) is 0 Å². The summed E-state index contributed by atoms with van der Waals surface area (Å²) in [5.41, 5.74) is 2.59. The first kappa shape index (κ1) is 13.7. The summed E-state index contributed by atoms with van der Waals surface area (Å²) in [6, 6.07) is 8.46. The van der Waals surface area contributed by atoms with Crippen LogP contribution in [0.25, 0.3) is 10.4 Å². The maximum absolute atomic E-state index is 5.60. The largest absolute Gasteiger partial charge is 0.377 e. The SMILES string of the molecule is Cc1ccccc1-c1cnc(CNCC2CCCO2)s1. The molecule has 1 aliphatic heterocycles. The molecule has 0 bridgehead atoms. The molecule has 1 atom stereocenters. The zero-order chi connectivity index (χ0) is 13.8. The average Bonchev–Trinajstić information content (AvgIpc) is 3.11. The standard InChI is InChI=1S/C16H20N2OS/c1-12-5-2-3-7-14(12)15-10-18-16(20-15)11-17-9-13-6-4-8-19-13/h2-3,5,7,10,13,17H,4,6,8-9,11H2,1H3. The molecule has 2 aromatic rings. The number of nitrogens with zero attached hydrogens (tertiary/aromatic N) is 1. The second-order valence-corrected chi connectivity index (χ2v) is 6.31. The van der Waals surface area contributed by atoms with Crippen molar-refractivity contribution in [2.45, 2.75) is 32.4 Å². The number of hydrogen-bond acceptors (Lipinski definition) is 4. The van der Waals surface area contributed by atoms with E-state index in [9.17, 15) is 0 Å².